The highest BCUT2D eigenvalue weighted by Gasteiger charge is 2.20. The highest BCUT2D eigenvalue weighted by atomic mass is 32.1. The molecule has 0 saturated carbocycles. The number of nitriles is 1. The number of aromatic nitrogens is 1. The summed E-state index contributed by atoms with van der Waals surface area (Å²) in [6.07, 6.45) is 1.94. The molecule has 48 heavy (non-hydrogen) atoms. The quantitative estimate of drug-likeness (QED) is 0.176. The van der Waals surface area contributed by atoms with Crippen LogP contribution in [0.1, 0.15) is 37.5 Å². The van der Waals surface area contributed by atoms with Crippen molar-refractivity contribution in [2.75, 3.05) is 0 Å². The summed E-state index contributed by atoms with van der Waals surface area (Å²) in [4.78, 5) is 10.2. The van der Waals surface area contributed by atoms with Crippen LogP contribution in [0.2, 0.25) is 0 Å². The molecule has 0 amide bonds. The van der Waals surface area contributed by atoms with Crippen LogP contribution in [-0.2, 0) is 5.41 Å². The Bertz CT molecular complexity index is 2560. The van der Waals surface area contributed by atoms with Crippen LogP contribution in [0.15, 0.2) is 137 Å². The predicted octanol–water partition coefficient (Wildman–Crippen LogP) is 12.1. The molecule has 8 rings (SSSR count). The van der Waals surface area contributed by atoms with E-state index in [1.807, 2.05) is 66.9 Å². The lowest BCUT2D eigenvalue weighted by Crippen LogP contribution is -2.11. The topological polar surface area (TPSA) is 62.2 Å². The summed E-state index contributed by atoms with van der Waals surface area (Å²) in [5, 5.41) is 12.4. The number of hydrogen-bond acceptors (Lipinski definition) is 5. The van der Waals surface area contributed by atoms with E-state index in [0.717, 1.165) is 76.2 Å². The number of nitrogens with zero attached hydrogens (tertiary/aromatic N) is 3. The van der Waals surface area contributed by atoms with Crippen molar-refractivity contribution < 1.29 is 4.42 Å². The van der Waals surface area contributed by atoms with Gasteiger partial charge in [-0.05, 0) is 76.2 Å². The third-order valence-electron chi connectivity index (χ3n) is 8.80. The maximum atomic E-state index is 9.35. The van der Waals surface area contributed by atoms with Crippen molar-refractivity contribution in [2.24, 2.45) is 4.99 Å². The maximum Gasteiger partial charge on any atom is 0.143 e. The molecular weight excluding hydrogens is 607 g/mol. The lowest BCUT2D eigenvalue weighted by molar-refractivity contribution is 0.590. The first-order valence-electron chi connectivity index (χ1n) is 16.0. The van der Waals surface area contributed by atoms with Gasteiger partial charge in [0.2, 0.25) is 0 Å². The molecule has 230 valence electrons. The minimum Gasteiger partial charge on any atom is -0.455 e. The fraction of sp³-hybridized carbons (Fsp3) is 0.0930. The predicted molar refractivity (Wildman–Crippen MR) is 200 cm³/mol. The molecule has 2 heterocycles. The van der Waals surface area contributed by atoms with E-state index in [-0.39, 0.29) is 5.41 Å². The van der Waals surface area contributed by atoms with E-state index >= 15 is 0 Å². The minimum absolute atomic E-state index is 0.0678. The Morgan fingerprint density at radius 2 is 1.50 bits per heavy atom. The largest absolute Gasteiger partial charge is 0.455 e. The average Bonchev–Trinajstić information content (AvgIpc) is 3.73. The van der Waals surface area contributed by atoms with Gasteiger partial charge in [0.25, 0.3) is 0 Å². The van der Waals surface area contributed by atoms with Crippen molar-refractivity contribution in [3.05, 3.63) is 144 Å². The molecule has 0 fully saturated rings. The number of benzene rings is 6. The molecule has 5 heteroatoms. The lowest BCUT2D eigenvalue weighted by Gasteiger charge is -2.19. The van der Waals surface area contributed by atoms with E-state index in [0.29, 0.717) is 5.56 Å². The Kier molecular flexibility index (Phi) is 7.24. The highest BCUT2D eigenvalue weighted by Crippen LogP contribution is 2.45. The van der Waals surface area contributed by atoms with Gasteiger partial charge in [-0.25, -0.2) is 4.98 Å². The number of thiazole rings is 1. The average molecular weight is 638 g/mol. The van der Waals surface area contributed by atoms with Gasteiger partial charge in [-0.1, -0.05) is 99.6 Å². The summed E-state index contributed by atoms with van der Waals surface area (Å²) < 4.78 is 7.71. The summed E-state index contributed by atoms with van der Waals surface area (Å²) in [5.41, 5.74) is 11.6. The minimum atomic E-state index is 0.0678. The van der Waals surface area contributed by atoms with Crippen LogP contribution >= 0.6 is 11.3 Å². The van der Waals surface area contributed by atoms with E-state index in [2.05, 4.69) is 93.6 Å². The molecule has 0 unspecified atom stereocenters. The van der Waals surface area contributed by atoms with E-state index in [1.54, 1.807) is 11.3 Å². The molecule has 0 radical (unpaired) electrons. The lowest BCUT2D eigenvalue weighted by atomic mass is 9.86. The van der Waals surface area contributed by atoms with E-state index < -0.39 is 0 Å². The highest BCUT2D eigenvalue weighted by molar-refractivity contribution is 7.21. The second-order valence-electron chi connectivity index (χ2n) is 13.0. The third kappa shape index (κ3) is 5.27. The summed E-state index contributed by atoms with van der Waals surface area (Å²) in [7, 11) is 0. The third-order valence-corrected chi connectivity index (χ3v) is 9.85. The normalized spacial score (nSPS) is 12.0. The number of fused-ring (bicyclic) bond motifs is 4. The molecule has 0 atom stereocenters. The Morgan fingerprint density at radius 1 is 0.750 bits per heavy atom. The molecule has 4 nitrogen and oxygen atoms in total. The van der Waals surface area contributed by atoms with Gasteiger partial charge in [0.15, 0.2) is 0 Å². The Balaban J connectivity index is 1.25. The van der Waals surface area contributed by atoms with E-state index in [4.69, 9.17) is 14.4 Å². The van der Waals surface area contributed by atoms with Crippen molar-refractivity contribution >= 4 is 55.4 Å². The fourth-order valence-electron chi connectivity index (χ4n) is 6.28. The summed E-state index contributed by atoms with van der Waals surface area (Å²) in [6.45, 7) is 6.68. The number of furan rings is 1. The van der Waals surface area contributed by atoms with Crippen molar-refractivity contribution in [3.8, 4) is 38.9 Å². The molecule has 6 aromatic carbocycles. The standard InChI is InChI=1S/C43H31N3OS/c1-43(2,3)30-11-8-10-28(24-30)26-45-36-15-6-4-12-34(36)42-46-40-32(14-9-17-38(40)48-42)33-23-22-31(29-20-18-27(25-44)19-21-29)39-35-13-5-7-16-37(35)47-41(33)39/h4-24,26H,1-3H3. The first kappa shape index (κ1) is 29.6. The van der Waals surface area contributed by atoms with Crippen molar-refractivity contribution in [1.82, 2.24) is 4.98 Å². The zero-order valence-electron chi connectivity index (χ0n) is 26.9. The van der Waals surface area contributed by atoms with Crippen LogP contribution in [0, 0.1) is 11.3 Å². The van der Waals surface area contributed by atoms with Crippen molar-refractivity contribution in [2.45, 2.75) is 26.2 Å². The summed E-state index contributed by atoms with van der Waals surface area (Å²) in [6, 6.07) is 45.5. The fourth-order valence-corrected chi connectivity index (χ4v) is 7.31. The second-order valence-corrected chi connectivity index (χ2v) is 14.0. The smallest absolute Gasteiger partial charge is 0.143 e. The van der Waals surface area contributed by atoms with Crippen LogP contribution in [-0.4, -0.2) is 11.2 Å². The van der Waals surface area contributed by atoms with Crippen LogP contribution in [0.3, 0.4) is 0 Å². The van der Waals surface area contributed by atoms with Crippen LogP contribution < -0.4 is 0 Å². The first-order valence-corrected chi connectivity index (χ1v) is 16.8. The summed E-state index contributed by atoms with van der Waals surface area (Å²) >= 11 is 1.67. The molecule has 0 aliphatic carbocycles. The molecule has 0 spiro atoms. The molecule has 0 aliphatic rings. The van der Waals surface area contributed by atoms with Gasteiger partial charge >= 0.3 is 0 Å². The SMILES string of the molecule is CC(C)(C)c1cccc(C=Nc2ccccc2-c2nc3c(-c4ccc(-c5ccc(C#N)cc5)c5c4oc4ccccc45)cccc3s2)c1. The number of para-hydroxylation sites is 3. The Hall–Kier alpha value is -5.83. The monoisotopic (exact) mass is 637 g/mol. The molecule has 0 N–H and O–H groups in total. The molecule has 0 bridgehead atoms. The molecule has 0 saturated heterocycles. The zero-order valence-corrected chi connectivity index (χ0v) is 27.7. The van der Waals surface area contributed by atoms with Gasteiger partial charge < -0.3 is 4.42 Å². The van der Waals surface area contributed by atoms with Gasteiger partial charge in [0, 0.05) is 33.7 Å². The Morgan fingerprint density at radius 3 is 2.33 bits per heavy atom. The van der Waals surface area contributed by atoms with Gasteiger partial charge in [-0.2, -0.15) is 5.26 Å². The van der Waals surface area contributed by atoms with Crippen LogP contribution in [0.5, 0.6) is 0 Å². The van der Waals surface area contributed by atoms with Crippen molar-refractivity contribution in [1.29, 1.82) is 5.26 Å². The van der Waals surface area contributed by atoms with Crippen LogP contribution in [0.4, 0.5) is 5.69 Å². The van der Waals surface area contributed by atoms with Gasteiger partial charge in [-0.15, -0.1) is 11.3 Å². The zero-order chi connectivity index (χ0) is 32.8. The number of hydrogen-bond donors (Lipinski definition) is 0. The Labute approximate surface area is 283 Å². The molecular formula is C43H31N3OS. The van der Waals surface area contributed by atoms with Gasteiger partial charge in [-0.3, -0.25) is 4.99 Å². The maximum absolute atomic E-state index is 9.35. The summed E-state index contributed by atoms with van der Waals surface area (Å²) in [5.74, 6) is 0. The number of aliphatic imine (C=N–C) groups is 1. The molecule has 2 aromatic heterocycles. The molecule has 0 aliphatic heterocycles. The molecule has 8 aromatic rings. The van der Waals surface area contributed by atoms with Crippen molar-refractivity contribution in [3.63, 3.8) is 0 Å². The van der Waals surface area contributed by atoms with Gasteiger partial charge in [0.1, 0.15) is 16.2 Å². The van der Waals surface area contributed by atoms with Crippen LogP contribution in [0.25, 0.3) is 65.0 Å². The first-order chi connectivity index (χ1) is 23.4. The van der Waals surface area contributed by atoms with Gasteiger partial charge in [0.05, 0.1) is 27.5 Å². The van der Waals surface area contributed by atoms with E-state index in [9.17, 15) is 5.26 Å². The number of rotatable bonds is 5. The second kappa shape index (κ2) is 11.8. The van der Waals surface area contributed by atoms with E-state index in [1.165, 1.54) is 5.56 Å².